The number of piperidine rings is 1. The zero-order chi connectivity index (χ0) is 26.4. The van der Waals surface area contributed by atoms with Crippen LogP contribution in [0.15, 0.2) is 42.6 Å². The van der Waals surface area contributed by atoms with Crippen molar-refractivity contribution >= 4 is 16.6 Å². The Morgan fingerprint density at radius 1 is 1.11 bits per heavy atom. The van der Waals surface area contributed by atoms with Gasteiger partial charge in [-0.3, -0.25) is 4.98 Å². The number of ether oxygens (including phenoxy) is 1. The van der Waals surface area contributed by atoms with Gasteiger partial charge >= 0.3 is 0 Å². The van der Waals surface area contributed by atoms with E-state index in [-0.39, 0.29) is 18.6 Å². The number of nitrogens with one attached hydrogen (secondary N) is 1. The standard InChI is InChI=1S/C28H35F2N3O4/c1-37-23-2-3-25-24(15-23)27(19(17-34)16-32-25)26(36)4-5-28(18-35)6-9-33(10-7-28)11-8-31-22-13-20(29)12-21(30)14-22/h2-3,12-16,26,31,34-36H,4-11,17-18H2,1H3. The van der Waals surface area contributed by atoms with Gasteiger partial charge < -0.3 is 30.3 Å². The maximum absolute atomic E-state index is 13.4. The molecule has 0 aliphatic carbocycles. The summed E-state index contributed by atoms with van der Waals surface area (Å²) in [5.74, 6) is -0.574. The third kappa shape index (κ3) is 6.54. The van der Waals surface area contributed by atoms with Crippen molar-refractivity contribution in [2.24, 2.45) is 5.41 Å². The van der Waals surface area contributed by atoms with Crippen molar-refractivity contribution in [2.45, 2.75) is 38.4 Å². The number of aliphatic hydroxyl groups excluding tert-OH is 3. The van der Waals surface area contributed by atoms with Gasteiger partial charge in [0.25, 0.3) is 0 Å². The van der Waals surface area contributed by atoms with Gasteiger partial charge in [-0.25, -0.2) is 8.78 Å². The SMILES string of the molecule is COc1ccc2ncc(CO)c(C(O)CCC3(CO)CCN(CCNc4cc(F)cc(F)c4)CC3)c2c1. The number of pyridine rings is 1. The maximum atomic E-state index is 13.4. The number of hydrogen-bond acceptors (Lipinski definition) is 7. The molecule has 1 aliphatic rings. The molecule has 37 heavy (non-hydrogen) atoms. The molecule has 4 rings (SSSR count). The molecule has 9 heteroatoms. The summed E-state index contributed by atoms with van der Waals surface area (Å²) in [6.45, 7) is 2.64. The quantitative estimate of drug-likeness (QED) is 0.306. The molecule has 7 nitrogen and oxygen atoms in total. The van der Waals surface area contributed by atoms with Crippen LogP contribution < -0.4 is 10.1 Å². The van der Waals surface area contributed by atoms with Gasteiger partial charge in [-0.05, 0) is 80.1 Å². The minimum Gasteiger partial charge on any atom is -0.497 e. The van der Waals surface area contributed by atoms with Gasteiger partial charge in [0.1, 0.15) is 17.4 Å². The van der Waals surface area contributed by atoms with E-state index < -0.39 is 17.7 Å². The third-order valence-corrected chi connectivity index (χ3v) is 7.52. The first-order valence-electron chi connectivity index (χ1n) is 12.6. The van der Waals surface area contributed by atoms with Crippen molar-refractivity contribution in [1.29, 1.82) is 0 Å². The Morgan fingerprint density at radius 3 is 2.49 bits per heavy atom. The van der Waals surface area contributed by atoms with Crippen LogP contribution in [0.4, 0.5) is 14.5 Å². The summed E-state index contributed by atoms with van der Waals surface area (Å²) in [5, 5.41) is 35.2. The average molecular weight is 516 g/mol. The fourth-order valence-electron chi connectivity index (χ4n) is 5.22. The zero-order valence-electron chi connectivity index (χ0n) is 21.1. The molecule has 200 valence electrons. The fourth-order valence-corrected chi connectivity index (χ4v) is 5.22. The number of hydrogen-bond donors (Lipinski definition) is 4. The van der Waals surface area contributed by atoms with E-state index in [1.54, 1.807) is 13.3 Å². The molecular formula is C28H35F2N3O4. The molecule has 0 bridgehead atoms. The van der Waals surface area contributed by atoms with Gasteiger partial charge in [-0.2, -0.15) is 0 Å². The van der Waals surface area contributed by atoms with Crippen LogP contribution in [0, 0.1) is 17.0 Å². The van der Waals surface area contributed by atoms with E-state index in [9.17, 15) is 24.1 Å². The lowest BCUT2D eigenvalue weighted by Crippen LogP contribution is -2.43. The lowest BCUT2D eigenvalue weighted by atomic mass is 9.74. The summed E-state index contributed by atoms with van der Waals surface area (Å²) in [6, 6.07) is 8.85. The summed E-state index contributed by atoms with van der Waals surface area (Å²) in [5.41, 5.74) is 2.06. The Morgan fingerprint density at radius 2 is 1.84 bits per heavy atom. The van der Waals surface area contributed by atoms with Gasteiger partial charge in [0, 0.05) is 48.6 Å². The molecule has 1 aliphatic heterocycles. The highest BCUT2D eigenvalue weighted by Gasteiger charge is 2.34. The van der Waals surface area contributed by atoms with E-state index in [4.69, 9.17) is 4.74 Å². The number of nitrogens with zero attached hydrogens (tertiary/aromatic N) is 2. The van der Waals surface area contributed by atoms with Gasteiger partial charge in [0.2, 0.25) is 0 Å². The van der Waals surface area contributed by atoms with Crippen LogP contribution in [-0.4, -0.2) is 65.1 Å². The molecule has 2 aromatic carbocycles. The van der Waals surface area contributed by atoms with Crippen LogP contribution in [0.1, 0.15) is 42.9 Å². The number of halogens is 2. The van der Waals surface area contributed by atoms with Crippen LogP contribution in [0.25, 0.3) is 10.9 Å². The van der Waals surface area contributed by atoms with Crippen molar-refractivity contribution < 1.29 is 28.8 Å². The second-order valence-corrected chi connectivity index (χ2v) is 9.88. The molecule has 0 spiro atoms. The number of aromatic nitrogens is 1. The Bertz CT molecular complexity index is 1180. The molecule has 1 saturated heterocycles. The molecule has 0 amide bonds. The smallest absolute Gasteiger partial charge is 0.128 e. The highest BCUT2D eigenvalue weighted by Crippen LogP contribution is 2.39. The topological polar surface area (TPSA) is 98.1 Å². The number of anilines is 1. The number of methoxy groups -OCH3 is 1. The Labute approximate surface area is 215 Å². The maximum Gasteiger partial charge on any atom is 0.128 e. The minimum atomic E-state index is -0.822. The van der Waals surface area contributed by atoms with Gasteiger partial charge in [0.05, 0.1) is 25.3 Å². The normalized spacial score (nSPS) is 16.6. The molecule has 1 atom stereocenters. The summed E-state index contributed by atoms with van der Waals surface area (Å²) >= 11 is 0. The van der Waals surface area contributed by atoms with Crippen LogP contribution in [0.5, 0.6) is 5.75 Å². The number of benzene rings is 2. The van der Waals surface area contributed by atoms with Crippen LogP contribution in [-0.2, 0) is 6.61 Å². The number of fused-ring (bicyclic) bond motifs is 1. The van der Waals surface area contributed by atoms with Crippen LogP contribution in [0.2, 0.25) is 0 Å². The number of likely N-dealkylation sites (tertiary alicyclic amines) is 1. The van der Waals surface area contributed by atoms with Gasteiger partial charge in [-0.15, -0.1) is 0 Å². The molecule has 1 fully saturated rings. The second kappa shape index (κ2) is 12.1. The molecule has 3 aromatic rings. The zero-order valence-corrected chi connectivity index (χ0v) is 21.1. The van der Waals surface area contributed by atoms with E-state index in [0.717, 1.165) is 37.4 Å². The van der Waals surface area contributed by atoms with Crippen molar-refractivity contribution in [3.63, 3.8) is 0 Å². The van der Waals surface area contributed by atoms with E-state index in [2.05, 4.69) is 15.2 Å². The molecule has 4 N–H and O–H groups in total. The van der Waals surface area contributed by atoms with Crippen molar-refractivity contribution in [1.82, 2.24) is 9.88 Å². The van der Waals surface area contributed by atoms with Crippen molar-refractivity contribution in [3.8, 4) is 5.75 Å². The highest BCUT2D eigenvalue weighted by atomic mass is 19.1. The van der Waals surface area contributed by atoms with E-state index in [1.807, 2.05) is 18.2 Å². The Hall–Kier alpha value is -2.85. The van der Waals surface area contributed by atoms with Crippen molar-refractivity contribution in [2.75, 3.05) is 45.2 Å². The Kier molecular flexibility index (Phi) is 8.91. The third-order valence-electron chi connectivity index (χ3n) is 7.52. The first kappa shape index (κ1) is 27.2. The first-order chi connectivity index (χ1) is 17.9. The van der Waals surface area contributed by atoms with E-state index in [0.29, 0.717) is 54.0 Å². The largest absolute Gasteiger partial charge is 0.497 e. The molecular weight excluding hydrogens is 480 g/mol. The number of aliphatic hydroxyl groups is 3. The molecule has 1 aromatic heterocycles. The highest BCUT2D eigenvalue weighted by molar-refractivity contribution is 5.85. The van der Waals surface area contributed by atoms with E-state index >= 15 is 0 Å². The Balaban J connectivity index is 1.35. The van der Waals surface area contributed by atoms with Gasteiger partial charge in [-0.1, -0.05) is 0 Å². The van der Waals surface area contributed by atoms with Crippen LogP contribution in [0.3, 0.4) is 0 Å². The molecule has 0 saturated carbocycles. The number of rotatable bonds is 11. The lowest BCUT2D eigenvalue weighted by molar-refractivity contribution is 0.0246. The van der Waals surface area contributed by atoms with Gasteiger partial charge in [0.15, 0.2) is 0 Å². The minimum absolute atomic E-state index is 0.0339. The fraction of sp³-hybridized carbons (Fsp3) is 0.464. The molecule has 0 radical (unpaired) electrons. The summed E-state index contributed by atoms with van der Waals surface area (Å²) in [6.07, 6.45) is 3.41. The summed E-state index contributed by atoms with van der Waals surface area (Å²) in [4.78, 5) is 6.66. The predicted molar refractivity (Wildman–Crippen MR) is 138 cm³/mol. The molecule has 1 unspecified atom stereocenters. The first-order valence-corrected chi connectivity index (χ1v) is 12.6. The lowest BCUT2D eigenvalue weighted by Gasteiger charge is -2.41. The average Bonchev–Trinajstić information content (AvgIpc) is 2.91. The molecule has 2 heterocycles. The van der Waals surface area contributed by atoms with Crippen molar-refractivity contribution in [3.05, 3.63) is 65.4 Å². The monoisotopic (exact) mass is 515 g/mol. The summed E-state index contributed by atoms with van der Waals surface area (Å²) < 4.78 is 32.1. The van der Waals surface area contributed by atoms with E-state index in [1.165, 1.54) is 12.1 Å². The summed E-state index contributed by atoms with van der Waals surface area (Å²) in [7, 11) is 1.58. The van der Waals surface area contributed by atoms with Crippen LogP contribution >= 0.6 is 0 Å². The predicted octanol–water partition coefficient (Wildman–Crippen LogP) is 4.01. The second-order valence-electron chi connectivity index (χ2n) is 9.88.